The molecule has 1 aliphatic rings. The van der Waals surface area contributed by atoms with Crippen LogP contribution < -0.4 is 0 Å². The number of fused-ring (bicyclic) bond motifs is 1. The number of oxazole rings is 1. The SMILES string of the molecule is CC[C@H]1CCC(c2cncc(-c3nc(C(O)(CC)CC)co3)n2)c2nnc(-c3c(F)cccc3F)cc21. The lowest BCUT2D eigenvalue weighted by Crippen LogP contribution is -2.23. The molecule has 5 rings (SSSR count). The molecule has 1 N–H and O–H groups in total. The Labute approximate surface area is 214 Å². The first kappa shape index (κ1) is 25.1. The third kappa shape index (κ3) is 4.52. The minimum absolute atomic E-state index is 0.171. The van der Waals surface area contributed by atoms with Gasteiger partial charge in [-0.25, -0.2) is 18.7 Å². The van der Waals surface area contributed by atoms with Crippen molar-refractivity contribution in [2.24, 2.45) is 0 Å². The van der Waals surface area contributed by atoms with Gasteiger partial charge in [0.1, 0.15) is 34.9 Å². The topological polar surface area (TPSA) is 97.8 Å². The Balaban J connectivity index is 1.53. The molecule has 7 nitrogen and oxygen atoms in total. The fourth-order valence-electron chi connectivity index (χ4n) is 5.12. The largest absolute Gasteiger partial charge is 0.443 e. The highest BCUT2D eigenvalue weighted by Gasteiger charge is 2.33. The van der Waals surface area contributed by atoms with Crippen molar-refractivity contribution in [3.05, 3.63) is 77.2 Å². The van der Waals surface area contributed by atoms with Gasteiger partial charge in [0.15, 0.2) is 0 Å². The van der Waals surface area contributed by atoms with Crippen LogP contribution in [0.4, 0.5) is 8.78 Å². The van der Waals surface area contributed by atoms with E-state index in [4.69, 9.17) is 9.40 Å². The lowest BCUT2D eigenvalue weighted by Gasteiger charge is -2.29. The highest BCUT2D eigenvalue weighted by Crippen LogP contribution is 2.43. The van der Waals surface area contributed by atoms with Gasteiger partial charge in [-0.2, -0.15) is 5.10 Å². The quantitative estimate of drug-likeness (QED) is 0.315. The second-order valence-corrected chi connectivity index (χ2v) is 9.51. The number of hydrogen-bond acceptors (Lipinski definition) is 7. The molecular formula is C28H29F2N5O2. The van der Waals surface area contributed by atoms with Crippen LogP contribution in [0.25, 0.3) is 22.8 Å². The molecular weight excluding hydrogens is 476 g/mol. The average molecular weight is 506 g/mol. The molecule has 4 aromatic rings. The van der Waals surface area contributed by atoms with Crippen LogP contribution in [0.5, 0.6) is 0 Å². The fraction of sp³-hybridized carbons (Fsp3) is 0.393. The predicted octanol–water partition coefficient (Wildman–Crippen LogP) is 6.29. The Bertz CT molecular complexity index is 1400. The number of nitrogens with zero attached hydrogens (tertiary/aromatic N) is 5. The first-order valence-corrected chi connectivity index (χ1v) is 12.7. The van der Waals surface area contributed by atoms with Crippen molar-refractivity contribution in [3.8, 4) is 22.8 Å². The maximum absolute atomic E-state index is 14.5. The molecule has 1 aromatic carbocycles. The summed E-state index contributed by atoms with van der Waals surface area (Å²) in [7, 11) is 0. The van der Waals surface area contributed by atoms with Crippen LogP contribution in [0.2, 0.25) is 0 Å². The molecule has 2 atom stereocenters. The summed E-state index contributed by atoms with van der Waals surface area (Å²) in [6.07, 6.45) is 8.27. The van der Waals surface area contributed by atoms with Crippen LogP contribution >= 0.6 is 0 Å². The summed E-state index contributed by atoms with van der Waals surface area (Å²) < 4.78 is 34.6. The zero-order chi connectivity index (χ0) is 26.2. The monoisotopic (exact) mass is 505 g/mol. The molecule has 0 aliphatic heterocycles. The van der Waals surface area contributed by atoms with E-state index in [9.17, 15) is 13.9 Å². The first-order chi connectivity index (χ1) is 17.9. The lowest BCUT2D eigenvalue weighted by atomic mass is 9.77. The van der Waals surface area contributed by atoms with Gasteiger partial charge in [-0.05, 0) is 61.8 Å². The minimum atomic E-state index is -1.06. The van der Waals surface area contributed by atoms with E-state index in [0.717, 1.165) is 30.5 Å². The van der Waals surface area contributed by atoms with Gasteiger partial charge in [0.25, 0.3) is 0 Å². The van der Waals surface area contributed by atoms with E-state index in [1.807, 2.05) is 13.8 Å². The van der Waals surface area contributed by atoms with E-state index >= 15 is 0 Å². The van der Waals surface area contributed by atoms with Crippen molar-refractivity contribution in [2.45, 2.75) is 70.3 Å². The van der Waals surface area contributed by atoms with Crippen molar-refractivity contribution < 1.29 is 18.3 Å². The molecule has 0 saturated carbocycles. The standard InChI is InChI=1S/C28H29F2N5O2/c1-4-16-10-11-17(26-18(16)12-21(34-35-26)25-19(29)8-7-9-20(25)30)22-13-31-14-23(32-22)27-33-24(15-37-27)28(36,5-2)6-3/h7-9,12-17,36H,4-6,10-11H2,1-3H3/t16-,17?/m0/s1. The minimum Gasteiger partial charge on any atom is -0.443 e. The van der Waals surface area contributed by atoms with Gasteiger partial charge in [-0.15, -0.1) is 5.10 Å². The second kappa shape index (κ2) is 10.0. The predicted molar refractivity (Wildman–Crippen MR) is 134 cm³/mol. The number of benzene rings is 1. The smallest absolute Gasteiger partial charge is 0.247 e. The molecule has 0 bridgehead atoms. The maximum atomic E-state index is 14.5. The van der Waals surface area contributed by atoms with Gasteiger partial charge in [0.05, 0.1) is 28.8 Å². The van der Waals surface area contributed by atoms with E-state index < -0.39 is 17.2 Å². The average Bonchev–Trinajstić information content (AvgIpc) is 3.43. The van der Waals surface area contributed by atoms with E-state index in [2.05, 4.69) is 27.1 Å². The summed E-state index contributed by atoms with van der Waals surface area (Å²) in [5, 5.41) is 19.5. The summed E-state index contributed by atoms with van der Waals surface area (Å²) in [5.41, 5.74) is 2.22. The highest BCUT2D eigenvalue weighted by atomic mass is 19.1. The lowest BCUT2D eigenvalue weighted by molar-refractivity contribution is 0.0239. The zero-order valence-electron chi connectivity index (χ0n) is 21.1. The molecule has 0 fully saturated rings. The number of hydrogen-bond donors (Lipinski definition) is 1. The van der Waals surface area contributed by atoms with Crippen molar-refractivity contribution in [2.75, 3.05) is 0 Å². The molecule has 0 radical (unpaired) electrons. The molecule has 3 heterocycles. The summed E-state index contributed by atoms with van der Waals surface area (Å²) in [6, 6.07) is 5.53. The van der Waals surface area contributed by atoms with Crippen molar-refractivity contribution in [1.82, 2.24) is 25.1 Å². The molecule has 0 spiro atoms. The Hall–Kier alpha value is -3.59. The second-order valence-electron chi connectivity index (χ2n) is 9.51. The molecule has 192 valence electrons. The van der Waals surface area contributed by atoms with Crippen LogP contribution in [0.15, 0.2) is 47.3 Å². The van der Waals surface area contributed by atoms with Gasteiger partial charge in [0, 0.05) is 12.1 Å². The summed E-state index contributed by atoms with van der Waals surface area (Å²) >= 11 is 0. The fourth-order valence-corrected chi connectivity index (χ4v) is 5.12. The molecule has 0 saturated heterocycles. The first-order valence-electron chi connectivity index (χ1n) is 12.7. The molecule has 37 heavy (non-hydrogen) atoms. The number of aliphatic hydroxyl groups is 1. The summed E-state index contributed by atoms with van der Waals surface area (Å²) in [6.45, 7) is 5.89. The van der Waals surface area contributed by atoms with Crippen LogP contribution in [0, 0.1) is 11.6 Å². The van der Waals surface area contributed by atoms with Crippen molar-refractivity contribution in [3.63, 3.8) is 0 Å². The Morgan fingerprint density at radius 2 is 1.76 bits per heavy atom. The normalized spacial score (nSPS) is 17.6. The third-order valence-corrected chi connectivity index (χ3v) is 7.52. The Kier molecular flexibility index (Phi) is 6.81. The van der Waals surface area contributed by atoms with E-state index in [1.54, 1.807) is 18.5 Å². The molecule has 0 amide bonds. The van der Waals surface area contributed by atoms with Gasteiger partial charge in [-0.1, -0.05) is 26.8 Å². The molecule has 1 aliphatic carbocycles. The van der Waals surface area contributed by atoms with Crippen molar-refractivity contribution in [1.29, 1.82) is 0 Å². The molecule has 1 unspecified atom stereocenters. The number of rotatable bonds is 7. The van der Waals surface area contributed by atoms with Gasteiger partial charge in [-0.3, -0.25) is 4.98 Å². The number of halogens is 2. The highest BCUT2D eigenvalue weighted by molar-refractivity contribution is 5.62. The van der Waals surface area contributed by atoms with Gasteiger partial charge < -0.3 is 9.52 Å². The van der Waals surface area contributed by atoms with E-state index in [1.165, 1.54) is 24.5 Å². The van der Waals surface area contributed by atoms with Crippen LogP contribution in [0.1, 0.15) is 87.4 Å². The maximum Gasteiger partial charge on any atom is 0.247 e. The molecule has 9 heteroatoms. The van der Waals surface area contributed by atoms with Gasteiger partial charge in [0.2, 0.25) is 5.89 Å². The summed E-state index contributed by atoms with van der Waals surface area (Å²) in [5.74, 6) is -1.05. The zero-order valence-corrected chi connectivity index (χ0v) is 21.1. The van der Waals surface area contributed by atoms with Crippen LogP contribution in [-0.4, -0.2) is 30.3 Å². The van der Waals surface area contributed by atoms with Crippen LogP contribution in [0.3, 0.4) is 0 Å². The van der Waals surface area contributed by atoms with Crippen molar-refractivity contribution >= 4 is 0 Å². The van der Waals surface area contributed by atoms with Crippen LogP contribution in [-0.2, 0) is 5.60 Å². The summed E-state index contributed by atoms with van der Waals surface area (Å²) in [4.78, 5) is 13.7. The molecule has 3 aromatic heterocycles. The Morgan fingerprint density at radius 3 is 2.46 bits per heavy atom. The third-order valence-electron chi connectivity index (χ3n) is 7.52. The van der Waals surface area contributed by atoms with E-state index in [0.29, 0.717) is 29.9 Å². The van der Waals surface area contributed by atoms with Gasteiger partial charge >= 0.3 is 0 Å². The van der Waals surface area contributed by atoms with E-state index in [-0.39, 0.29) is 29.0 Å². The number of aromatic nitrogens is 5. The Morgan fingerprint density at radius 1 is 1.00 bits per heavy atom.